The van der Waals surface area contributed by atoms with Gasteiger partial charge < -0.3 is 10.1 Å². The summed E-state index contributed by atoms with van der Waals surface area (Å²) >= 11 is 0. The molecule has 1 aliphatic carbocycles. The summed E-state index contributed by atoms with van der Waals surface area (Å²) in [5, 5.41) is 2.71. The summed E-state index contributed by atoms with van der Waals surface area (Å²) in [6.07, 6.45) is -3.93. The number of fused-ring (bicyclic) bond motifs is 1. The van der Waals surface area contributed by atoms with E-state index >= 15 is 0 Å². The first-order valence-corrected chi connectivity index (χ1v) is 5.65. The topological polar surface area (TPSA) is 38.3 Å². The number of alkyl halides is 3. The normalized spacial score (nSPS) is 36.6. The highest BCUT2D eigenvalue weighted by Crippen LogP contribution is 2.55. The first-order chi connectivity index (χ1) is 7.59. The van der Waals surface area contributed by atoms with Crippen molar-refractivity contribution in [3.05, 3.63) is 0 Å². The summed E-state index contributed by atoms with van der Waals surface area (Å²) in [6.45, 7) is 5.21. The summed E-state index contributed by atoms with van der Waals surface area (Å²) in [6, 6.07) is -1.17. The molecular formula is C11H16F3NO2. The number of esters is 1. The Hall–Kier alpha value is -0.780. The van der Waals surface area contributed by atoms with E-state index in [9.17, 15) is 18.0 Å². The van der Waals surface area contributed by atoms with Crippen molar-refractivity contribution in [1.29, 1.82) is 0 Å². The van der Waals surface area contributed by atoms with Crippen molar-refractivity contribution in [3.63, 3.8) is 0 Å². The molecule has 0 aromatic carbocycles. The van der Waals surface area contributed by atoms with E-state index in [2.05, 4.69) is 5.32 Å². The van der Waals surface area contributed by atoms with E-state index in [0.717, 1.165) is 0 Å². The molecule has 1 saturated carbocycles. The number of hydrogen-bond donors (Lipinski definition) is 1. The summed E-state index contributed by atoms with van der Waals surface area (Å²) in [7, 11) is 0. The Labute approximate surface area is 97.7 Å². The van der Waals surface area contributed by atoms with Crippen LogP contribution in [0.5, 0.6) is 0 Å². The van der Waals surface area contributed by atoms with Gasteiger partial charge in [0.15, 0.2) is 0 Å². The third-order valence-corrected chi connectivity index (χ3v) is 3.14. The quantitative estimate of drug-likeness (QED) is 0.723. The summed E-state index contributed by atoms with van der Waals surface area (Å²) in [5.74, 6) is -2.18. The van der Waals surface area contributed by atoms with E-state index < -0.39 is 41.7 Å². The molecule has 0 radical (unpaired) electrons. The number of ether oxygens (including phenoxy) is 1. The minimum absolute atomic E-state index is 0.226. The molecule has 0 aromatic heterocycles. The van der Waals surface area contributed by atoms with Crippen molar-refractivity contribution in [3.8, 4) is 0 Å². The Morgan fingerprint density at radius 1 is 1.29 bits per heavy atom. The van der Waals surface area contributed by atoms with Crippen molar-refractivity contribution in [2.24, 2.45) is 11.8 Å². The fourth-order valence-corrected chi connectivity index (χ4v) is 2.45. The largest absolute Gasteiger partial charge is 0.459 e. The number of rotatable bonds is 1. The van der Waals surface area contributed by atoms with Gasteiger partial charge in [-0.1, -0.05) is 0 Å². The van der Waals surface area contributed by atoms with Crippen LogP contribution in [-0.4, -0.2) is 29.8 Å². The third-order valence-electron chi connectivity index (χ3n) is 3.14. The van der Waals surface area contributed by atoms with Gasteiger partial charge in [0, 0.05) is 6.04 Å². The van der Waals surface area contributed by atoms with Crippen LogP contribution in [0.1, 0.15) is 27.2 Å². The molecule has 1 heterocycles. The monoisotopic (exact) mass is 251 g/mol. The highest BCUT2D eigenvalue weighted by Gasteiger charge is 2.68. The van der Waals surface area contributed by atoms with Gasteiger partial charge in [0.25, 0.3) is 0 Å². The third kappa shape index (κ3) is 2.56. The summed E-state index contributed by atoms with van der Waals surface area (Å²) < 4.78 is 42.3. The minimum atomic E-state index is -4.15. The molecule has 98 valence electrons. The molecule has 1 aliphatic heterocycles. The van der Waals surface area contributed by atoms with Crippen LogP contribution in [0.15, 0.2) is 0 Å². The molecule has 0 amide bonds. The Bertz CT molecular complexity index is 323. The van der Waals surface area contributed by atoms with Gasteiger partial charge in [0.05, 0.1) is 5.92 Å². The zero-order valence-corrected chi connectivity index (χ0v) is 9.97. The highest BCUT2D eigenvalue weighted by molar-refractivity contribution is 5.77. The second-order valence-corrected chi connectivity index (χ2v) is 5.75. The van der Waals surface area contributed by atoms with Crippen LogP contribution < -0.4 is 5.32 Å². The molecule has 1 saturated heterocycles. The van der Waals surface area contributed by atoms with Crippen LogP contribution in [0.4, 0.5) is 13.2 Å². The Kier molecular flexibility index (Phi) is 2.69. The lowest BCUT2D eigenvalue weighted by atomic mass is 10.1. The highest BCUT2D eigenvalue weighted by atomic mass is 19.4. The number of halogens is 3. The van der Waals surface area contributed by atoms with Gasteiger partial charge in [-0.05, 0) is 33.1 Å². The second kappa shape index (κ2) is 3.60. The summed E-state index contributed by atoms with van der Waals surface area (Å²) in [4.78, 5) is 11.6. The maximum atomic E-state index is 12.4. The van der Waals surface area contributed by atoms with Gasteiger partial charge >= 0.3 is 12.1 Å². The molecule has 4 atom stereocenters. The fraction of sp³-hybridized carbons (Fsp3) is 0.909. The van der Waals surface area contributed by atoms with Crippen molar-refractivity contribution in [2.45, 2.75) is 51.1 Å². The van der Waals surface area contributed by atoms with E-state index in [1.54, 1.807) is 20.8 Å². The minimum Gasteiger partial charge on any atom is -0.459 e. The zero-order valence-electron chi connectivity index (χ0n) is 9.97. The van der Waals surface area contributed by atoms with Gasteiger partial charge in [-0.25, -0.2) is 0 Å². The number of carbonyl (C=O) groups excluding carboxylic acids is 1. The molecule has 0 unspecified atom stereocenters. The molecule has 6 heteroatoms. The van der Waals surface area contributed by atoms with Crippen molar-refractivity contribution in [2.75, 3.05) is 0 Å². The predicted molar refractivity (Wildman–Crippen MR) is 54.2 cm³/mol. The average molecular weight is 251 g/mol. The molecule has 0 bridgehead atoms. The number of piperidine rings is 1. The van der Waals surface area contributed by atoms with Crippen molar-refractivity contribution in [1.82, 2.24) is 5.32 Å². The lowest BCUT2D eigenvalue weighted by molar-refractivity contribution is -0.163. The van der Waals surface area contributed by atoms with Crippen molar-refractivity contribution < 1.29 is 22.7 Å². The second-order valence-electron chi connectivity index (χ2n) is 5.75. The van der Waals surface area contributed by atoms with Crippen LogP contribution in [0, 0.1) is 11.8 Å². The maximum absolute atomic E-state index is 12.4. The molecule has 2 fully saturated rings. The smallest absolute Gasteiger partial charge is 0.393 e. The SMILES string of the molecule is CC(C)(C)OC(=O)[C@@H]1C[C@H]2[C@@H](N1)[C@@H]2C(F)(F)F. The van der Waals surface area contributed by atoms with Gasteiger partial charge in [-0.2, -0.15) is 13.2 Å². The Morgan fingerprint density at radius 3 is 2.24 bits per heavy atom. The van der Waals surface area contributed by atoms with Crippen LogP contribution in [0.25, 0.3) is 0 Å². The van der Waals surface area contributed by atoms with Gasteiger partial charge in [-0.3, -0.25) is 4.79 Å². The first kappa shape index (κ1) is 12.7. The van der Waals surface area contributed by atoms with E-state index in [4.69, 9.17) is 4.74 Å². The maximum Gasteiger partial charge on any atom is 0.393 e. The van der Waals surface area contributed by atoms with Gasteiger partial charge in [0.2, 0.25) is 0 Å². The molecule has 17 heavy (non-hydrogen) atoms. The van der Waals surface area contributed by atoms with E-state index in [1.807, 2.05) is 0 Å². The number of nitrogens with one attached hydrogen (secondary N) is 1. The molecule has 2 rings (SSSR count). The molecule has 0 aromatic rings. The summed E-state index contributed by atoms with van der Waals surface area (Å²) in [5.41, 5.74) is -0.602. The number of hydrogen-bond acceptors (Lipinski definition) is 3. The van der Waals surface area contributed by atoms with E-state index in [0.29, 0.717) is 0 Å². The molecule has 2 aliphatic rings. The first-order valence-electron chi connectivity index (χ1n) is 5.65. The molecule has 1 N–H and O–H groups in total. The standard InChI is InChI=1S/C11H16F3NO2/c1-10(2,3)17-9(16)6-4-5-7(8(5)15-6)11(12,13)14/h5-8,15H,4H2,1-3H3/t5-,6+,7-,8-/m1/s1. The van der Waals surface area contributed by atoms with Gasteiger partial charge in [0.1, 0.15) is 11.6 Å². The van der Waals surface area contributed by atoms with Gasteiger partial charge in [-0.15, -0.1) is 0 Å². The molecule has 3 nitrogen and oxygen atoms in total. The van der Waals surface area contributed by atoms with Crippen LogP contribution >= 0.6 is 0 Å². The van der Waals surface area contributed by atoms with Crippen LogP contribution in [-0.2, 0) is 9.53 Å². The lowest BCUT2D eigenvalue weighted by Gasteiger charge is -2.23. The molecular weight excluding hydrogens is 235 g/mol. The lowest BCUT2D eigenvalue weighted by Crippen LogP contribution is -2.41. The Balaban J connectivity index is 1.86. The van der Waals surface area contributed by atoms with Crippen LogP contribution in [0.3, 0.4) is 0 Å². The molecule has 0 spiro atoms. The number of carbonyl (C=O) groups is 1. The van der Waals surface area contributed by atoms with E-state index in [-0.39, 0.29) is 6.42 Å². The zero-order chi connectivity index (χ0) is 13.0. The average Bonchev–Trinajstić information content (AvgIpc) is 2.61. The fourth-order valence-electron chi connectivity index (χ4n) is 2.45. The van der Waals surface area contributed by atoms with E-state index in [1.165, 1.54) is 0 Å². The predicted octanol–water partition coefficient (Wildman–Crippen LogP) is 1.87. The van der Waals surface area contributed by atoms with Crippen LogP contribution in [0.2, 0.25) is 0 Å². The Morgan fingerprint density at radius 2 is 1.88 bits per heavy atom. The van der Waals surface area contributed by atoms with Crippen molar-refractivity contribution >= 4 is 5.97 Å².